The number of rotatable bonds is 2. The zero-order valence-electron chi connectivity index (χ0n) is 10.1. The molecule has 1 aliphatic rings. The van der Waals surface area contributed by atoms with E-state index in [1.54, 1.807) is 11.1 Å². The lowest BCUT2D eigenvalue weighted by Crippen LogP contribution is -2.24. The predicted molar refractivity (Wildman–Crippen MR) is 65.3 cm³/mol. The molecule has 0 aliphatic carbocycles. The van der Waals surface area contributed by atoms with Gasteiger partial charge in [-0.2, -0.15) is 0 Å². The molecule has 1 N–H and O–H groups in total. The molecule has 82 valence electrons. The quantitative estimate of drug-likeness (QED) is 0.779. The molecule has 0 bridgehead atoms. The van der Waals surface area contributed by atoms with Gasteiger partial charge in [0, 0.05) is 6.54 Å². The highest BCUT2D eigenvalue weighted by Gasteiger charge is 2.13. The Morgan fingerprint density at radius 1 is 1.27 bits per heavy atom. The first-order valence-electron chi connectivity index (χ1n) is 6.07. The minimum atomic E-state index is 0.653. The minimum Gasteiger partial charge on any atom is -0.312 e. The van der Waals surface area contributed by atoms with E-state index in [-0.39, 0.29) is 0 Å². The molecule has 0 atom stereocenters. The maximum atomic E-state index is 3.44. The monoisotopic (exact) mass is 203 g/mol. The smallest absolute Gasteiger partial charge is 0.0208 e. The second-order valence-electron chi connectivity index (χ2n) is 4.75. The molecule has 0 saturated carbocycles. The summed E-state index contributed by atoms with van der Waals surface area (Å²) in [7, 11) is 0. The van der Waals surface area contributed by atoms with Crippen LogP contribution in [0.5, 0.6) is 0 Å². The molecule has 0 spiro atoms. The van der Waals surface area contributed by atoms with Crippen LogP contribution in [-0.4, -0.2) is 6.54 Å². The zero-order chi connectivity index (χ0) is 10.8. The molecule has 0 unspecified atom stereocenters. The molecule has 0 saturated heterocycles. The van der Waals surface area contributed by atoms with Crippen molar-refractivity contribution in [1.82, 2.24) is 5.32 Å². The molecule has 0 aromatic heterocycles. The molecular formula is C14H21N. The van der Waals surface area contributed by atoms with Gasteiger partial charge in [0.25, 0.3) is 0 Å². The maximum absolute atomic E-state index is 3.44. The first-order chi connectivity index (χ1) is 7.22. The Morgan fingerprint density at radius 3 is 2.73 bits per heavy atom. The van der Waals surface area contributed by atoms with Gasteiger partial charge in [0.05, 0.1) is 0 Å². The largest absolute Gasteiger partial charge is 0.312 e. The third kappa shape index (κ3) is 2.07. The highest BCUT2D eigenvalue weighted by Crippen LogP contribution is 2.26. The van der Waals surface area contributed by atoms with Crippen LogP contribution in [0.3, 0.4) is 0 Å². The van der Waals surface area contributed by atoms with Crippen molar-refractivity contribution < 1.29 is 0 Å². The summed E-state index contributed by atoms with van der Waals surface area (Å²) in [5.41, 5.74) is 6.17. The van der Waals surface area contributed by atoms with E-state index >= 15 is 0 Å². The number of aryl methyl sites for hydroxylation is 1. The first-order valence-corrected chi connectivity index (χ1v) is 6.07. The van der Waals surface area contributed by atoms with E-state index in [0.29, 0.717) is 5.92 Å². The number of hydrogen-bond donors (Lipinski definition) is 1. The molecule has 15 heavy (non-hydrogen) atoms. The maximum Gasteiger partial charge on any atom is 0.0208 e. The summed E-state index contributed by atoms with van der Waals surface area (Å²) < 4.78 is 0. The van der Waals surface area contributed by atoms with Crippen molar-refractivity contribution in [2.24, 2.45) is 0 Å². The first kappa shape index (κ1) is 10.7. The van der Waals surface area contributed by atoms with Crippen LogP contribution in [0.1, 0.15) is 48.9 Å². The topological polar surface area (TPSA) is 12.0 Å². The van der Waals surface area contributed by atoms with Gasteiger partial charge in [-0.3, -0.25) is 0 Å². The Labute approximate surface area is 92.9 Å². The van der Waals surface area contributed by atoms with Crippen molar-refractivity contribution in [3.8, 4) is 0 Å². The lowest BCUT2D eigenvalue weighted by molar-refractivity contribution is 0.640. The number of benzene rings is 1. The average Bonchev–Trinajstić information content (AvgIpc) is 2.27. The summed E-state index contributed by atoms with van der Waals surface area (Å²) in [5, 5.41) is 3.44. The summed E-state index contributed by atoms with van der Waals surface area (Å²) in [6, 6.07) is 4.86. The molecular weight excluding hydrogens is 182 g/mol. The average molecular weight is 203 g/mol. The molecule has 0 fully saturated rings. The van der Waals surface area contributed by atoms with Crippen molar-refractivity contribution in [3.63, 3.8) is 0 Å². The molecule has 1 nitrogen and oxygen atoms in total. The minimum absolute atomic E-state index is 0.653. The summed E-state index contributed by atoms with van der Waals surface area (Å²) in [6.45, 7) is 9.03. The summed E-state index contributed by atoms with van der Waals surface area (Å²) in [4.78, 5) is 0. The number of fused-ring (bicyclic) bond motifs is 1. The van der Waals surface area contributed by atoms with Gasteiger partial charge in [-0.1, -0.05) is 32.9 Å². The van der Waals surface area contributed by atoms with Gasteiger partial charge in [-0.05, 0) is 47.6 Å². The van der Waals surface area contributed by atoms with Crippen molar-refractivity contribution in [2.75, 3.05) is 6.54 Å². The molecule has 1 aliphatic heterocycles. The molecule has 0 amide bonds. The van der Waals surface area contributed by atoms with E-state index in [1.165, 1.54) is 17.5 Å². The fourth-order valence-electron chi connectivity index (χ4n) is 2.45. The van der Waals surface area contributed by atoms with Crippen LogP contribution in [0.15, 0.2) is 12.1 Å². The third-order valence-electron chi connectivity index (χ3n) is 3.35. The van der Waals surface area contributed by atoms with E-state index in [4.69, 9.17) is 0 Å². The van der Waals surface area contributed by atoms with Gasteiger partial charge in [-0.25, -0.2) is 0 Å². The van der Waals surface area contributed by atoms with Crippen LogP contribution in [0.2, 0.25) is 0 Å². The van der Waals surface area contributed by atoms with Gasteiger partial charge in [-0.15, -0.1) is 0 Å². The van der Waals surface area contributed by atoms with Gasteiger partial charge in [0.15, 0.2) is 0 Å². The van der Waals surface area contributed by atoms with Crippen molar-refractivity contribution in [3.05, 3.63) is 34.4 Å². The second-order valence-corrected chi connectivity index (χ2v) is 4.75. The highest BCUT2D eigenvalue weighted by atomic mass is 14.9. The lowest BCUT2D eigenvalue weighted by Gasteiger charge is -2.21. The van der Waals surface area contributed by atoms with Gasteiger partial charge < -0.3 is 5.32 Å². The fourth-order valence-corrected chi connectivity index (χ4v) is 2.45. The molecule has 1 aromatic carbocycles. The van der Waals surface area contributed by atoms with Crippen molar-refractivity contribution >= 4 is 0 Å². The Morgan fingerprint density at radius 2 is 2.07 bits per heavy atom. The zero-order valence-corrected chi connectivity index (χ0v) is 10.1. The van der Waals surface area contributed by atoms with Gasteiger partial charge in [0.1, 0.15) is 0 Å². The van der Waals surface area contributed by atoms with Gasteiger partial charge in [0.2, 0.25) is 0 Å². The van der Waals surface area contributed by atoms with E-state index in [9.17, 15) is 0 Å². The Hall–Kier alpha value is -0.820. The molecule has 2 rings (SSSR count). The van der Waals surface area contributed by atoms with E-state index in [0.717, 1.165) is 19.5 Å². The highest BCUT2D eigenvalue weighted by molar-refractivity contribution is 5.41. The van der Waals surface area contributed by atoms with Crippen LogP contribution in [0, 0.1) is 0 Å². The second kappa shape index (κ2) is 4.36. The predicted octanol–water partition coefficient (Wildman–Crippen LogP) is 3.02. The van der Waals surface area contributed by atoms with Crippen LogP contribution in [0.25, 0.3) is 0 Å². The Bertz CT molecular complexity index is 353. The Balaban J connectivity index is 2.46. The number of hydrogen-bond acceptors (Lipinski definition) is 1. The number of nitrogens with one attached hydrogen (secondary N) is 1. The standard InChI is InChI=1S/C14H21N/c1-4-11-7-13-9-15-6-5-12(13)8-14(11)10(2)3/h7-8,10,15H,4-6,9H2,1-3H3. The van der Waals surface area contributed by atoms with E-state index in [1.807, 2.05) is 0 Å². The molecule has 1 aromatic rings. The van der Waals surface area contributed by atoms with Crippen LogP contribution < -0.4 is 5.32 Å². The molecule has 1 heterocycles. The lowest BCUT2D eigenvalue weighted by atomic mass is 9.88. The molecule has 0 radical (unpaired) electrons. The van der Waals surface area contributed by atoms with Gasteiger partial charge >= 0.3 is 0 Å². The van der Waals surface area contributed by atoms with Crippen molar-refractivity contribution in [2.45, 2.75) is 46.1 Å². The molecule has 1 heteroatoms. The SMILES string of the molecule is CCc1cc2c(cc1C(C)C)CCNC2. The van der Waals surface area contributed by atoms with E-state index in [2.05, 4.69) is 38.2 Å². The van der Waals surface area contributed by atoms with Crippen LogP contribution in [0.4, 0.5) is 0 Å². The summed E-state index contributed by atoms with van der Waals surface area (Å²) in [6.07, 6.45) is 2.35. The third-order valence-corrected chi connectivity index (χ3v) is 3.35. The summed E-state index contributed by atoms with van der Waals surface area (Å²) >= 11 is 0. The van der Waals surface area contributed by atoms with Crippen LogP contribution >= 0.6 is 0 Å². The fraction of sp³-hybridized carbons (Fsp3) is 0.571. The Kier molecular flexibility index (Phi) is 3.11. The van der Waals surface area contributed by atoms with Crippen molar-refractivity contribution in [1.29, 1.82) is 0 Å². The van der Waals surface area contributed by atoms with Crippen LogP contribution in [-0.2, 0) is 19.4 Å². The van der Waals surface area contributed by atoms with E-state index < -0.39 is 0 Å². The normalized spacial score (nSPS) is 15.5. The summed E-state index contributed by atoms with van der Waals surface area (Å²) in [5.74, 6) is 0.653.